The molecule has 2 unspecified atom stereocenters. The third-order valence-corrected chi connectivity index (χ3v) is 14.2. The molecule has 0 bridgehead atoms. The van der Waals surface area contributed by atoms with Crippen molar-refractivity contribution in [1.82, 2.24) is 0 Å². The second-order valence-electron chi connectivity index (χ2n) is 21.7. The highest BCUT2D eigenvalue weighted by Crippen LogP contribution is 2.38. The molecular formula is C64H116NO8P. The smallest absolute Gasteiger partial charge is 0.306 e. The molecule has 10 heteroatoms. The van der Waals surface area contributed by atoms with Crippen molar-refractivity contribution in [3.8, 4) is 0 Å². The van der Waals surface area contributed by atoms with E-state index in [-0.39, 0.29) is 32.0 Å². The summed E-state index contributed by atoms with van der Waals surface area (Å²) in [7, 11) is 1.16. The third-order valence-electron chi connectivity index (χ3n) is 13.2. The summed E-state index contributed by atoms with van der Waals surface area (Å²) in [5.41, 5.74) is 0. The first-order chi connectivity index (χ1) is 36.0. The molecule has 0 aliphatic rings. The Balaban J connectivity index is 4.16. The summed E-state index contributed by atoms with van der Waals surface area (Å²) in [6.07, 6.45) is 72.4. The first kappa shape index (κ1) is 71.5. The number of likely N-dealkylation sites (N-methyl/N-ethyl adjacent to an activating group) is 1. The molecule has 0 saturated carbocycles. The maximum atomic E-state index is 12.8. The van der Waals surface area contributed by atoms with Crippen LogP contribution in [0.3, 0.4) is 0 Å². The van der Waals surface area contributed by atoms with Gasteiger partial charge in [0.2, 0.25) is 0 Å². The fourth-order valence-corrected chi connectivity index (χ4v) is 9.27. The summed E-state index contributed by atoms with van der Waals surface area (Å²) >= 11 is 0. The number of allylic oxidation sites excluding steroid dienone is 12. The monoisotopic (exact) mass is 1060 g/mol. The van der Waals surface area contributed by atoms with Crippen LogP contribution in [0, 0.1) is 0 Å². The highest BCUT2D eigenvalue weighted by Gasteiger charge is 2.22. The molecule has 0 spiro atoms. The van der Waals surface area contributed by atoms with Crippen LogP contribution in [-0.2, 0) is 32.7 Å². The Bertz CT molecular complexity index is 1480. The van der Waals surface area contributed by atoms with E-state index in [1.54, 1.807) is 0 Å². The molecule has 9 nitrogen and oxygen atoms in total. The first-order valence-electron chi connectivity index (χ1n) is 30.6. The van der Waals surface area contributed by atoms with Gasteiger partial charge in [0, 0.05) is 12.8 Å². The van der Waals surface area contributed by atoms with Gasteiger partial charge < -0.3 is 27.9 Å². The van der Waals surface area contributed by atoms with Crippen molar-refractivity contribution >= 4 is 19.8 Å². The average Bonchev–Trinajstić information content (AvgIpc) is 3.36. The van der Waals surface area contributed by atoms with Crippen molar-refractivity contribution in [3.05, 3.63) is 72.9 Å². The Morgan fingerprint density at radius 1 is 0.432 bits per heavy atom. The number of ether oxygens (including phenoxy) is 2. The van der Waals surface area contributed by atoms with Gasteiger partial charge in [0.1, 0.15) is 19.8 Å². The minimum absolute atomic E-state index is 0.0341. The number of phosphoric ester groups is 1. The fourth-order valence-electron chi connectivity index (χ4n) is 8.54. The van der Waals surface area contributed by atoms with Crippen LogP contribution in [0.1, 0.15) is 271 Å². The number of rotatable bonds is 56. The van der Waals surface area contributed by atoms with Crippen LogP contribution in [0.25, 0.3) is 0 Å². The molecule has 0 amide bonds. The van der Waals surface area contributed by atoms with Crippen LogP contribution in [0.5, 0.6) is 0 Å². The van der Waals surface area contributed by atoms with Crippen molar-refractivity contribution in [2.75, 3.05) is 47.5 Å². The molecule has 0 radical (unpaired) electrons. The van der Waals surface area contributed by atoms with Crippen molar-refractivity contribution in [3.63, 3.8) is 0 Å². The SMILES string of the molecule is CC/C=C\C/C=C\C/C=C\C/C=C\C/C=C\C/C=C\CCCCCCCCCCC(=O)OC(COC(=O)CCCCCCCCCCCCCCCCCCCCCCCCC)COP(=O)([O-])OCC[N+](C)(C)C. The molecule has 0 rings (SSSR count). The van der Waals surface area contributed by atoms with Gasteiger partial charge in [-0.15, -0.1) is 0 Å². The van der Waals surface area contributed by atoms with Crippen LogP contribution in [0.4, 0.5) is 0 Å². The van der Waals surface area contributed by atoms with Crippen molar-refractivity contribution in [2.45, 2.75) is 277 Å². The predicted molar refractivity (Wildman–Crippen MR) is 314 cm³/mol. The summed E-state index contributed by atoms with van der Waals surface area (Å²) in [4.78, 5) is 37.9. The Morgan fingerprint density at radius 3 is 1.15 bits per heavy atom. The molecule has 0 aromatic heterocycles. The molecular weight excluding hydrogens is 942 g/mol. The minimum Gasteiger partial charge on any atom is -0.756 e. The van der Waals surface area contributed by atoms with Gasteiger partial charge in [-0.2, -0.15) is 0 Å². The second kappa shape index (κ2) is 55.2. The van der Waals surface area contributed by atoms with Crippen LogP contribution in [0.15, 0.2) is 72.9 Å². The van der Waals surface area contributed by atoms with E-state index in [0.29, 0.717) is 17.4 Å². The minimum atomic E-state index is -4.64. The van der Waals surface area contributed by atoms with E-state index >= 15 is 0 Å². The summed E-state index contributed by atoms with van der Waals surface area (Å²) in [5, 5.41) is 0. The van der Waals surface area contributed by atoms with Gasteiger partial charge in [0.15, 0.2) is 6.10 Å². The maximum absolute atomic E-state index is 12.8. The molecule has 2 atom stereocenters. The lowest BCUT2D eigenvalue weighted by Crippen LogP contribution is -2.37. The van der Waals surface area contributed by atoms with Gasteiger partial charge in [-0.1, -0.05) is 267 Å². The molecule has 0 heterocycles. The third kappa shape index (κ3) is 58.7. The van der Waals surface area contributed by atoms with Crippen molar-refractivity contribution in [2.24, 2.45) is 0 Å². The number of carbonyl (C=O) groups is 2. The molecule has 0 aliphatic heterocycles. The van der Waals surface area contributed by atoms with E-state index in [0.717, 1.165) is 83.5 Å². The number of quaternary nitrogens is 1. The number of hydrogen-bond donors (Lipinski definition) is 0. The molecule has 0 aromatic carbocycles. The molecule has 430 valence electrons. The average molecular weight is 1060 g/mol. The molecule has 0 fully saturated rings. The van der Waals surface area contributed by atoms with E-state index in [1.165, 1.54) is 154 Å². The van der Waals surface area contributed by atoms with E-state index < -0.39 is 26.5 Å². The lowest BCUT2D eigenvalue weighted by molar-refractivity contribution is -0.870. The Morgan fingerprint density at radius 2 is 0.770 bits per heavy atom. The number of hydrogen-bond acceptors (Lipinski definition) is 8. The fraction of sp³-hybridized carbons (Fsp3) is 0.781. The number of unbranched alkanes of at least 4 members (excludes halogenated alkanes) is 30. The summed E-state index contributed by atoms with van der Waals surface area (Å²) in [5.74, 6) is -0.835. The van der Waals surface area contributed by atoms with Gasteiger partial charge in [0.25, 0.3) is 7.82 Å². The number of carbonyl (C=O) groups excluding carboxylic acids is 2. The van der Waals surface area contributed by atoms with E-state index in [1.807, 2.05) is 21.1 Å². The maximum Gasteiger partial charge on any atom is 0.306 e. The van der Waals surface area contributed by atoms with Crippen LogP contribution in [-0.4, -0.2) is 70.0 Å². The van der Waals surface area contributed by atoms with E-state index in [2.05, 4.69) is 86.8 Å². The van der Waals surface area contributed by atoms with Gasteiger partial charge >= 0.3 is 11.9 Å². The Hall–Kier alpha value is -2.55. The van der Waals surface area contributed by atoms with Gasteiger partial charge in [-0.3, -0.25) is 14.2 Å². The number of phosphoric acid groups is 1. The summed E-state index contributed by atoms with van der Waals surface area (Å²) in [6, 6.07) is 0. The van der Waals surface area contributed by atoms with Crippen molar-refractivity contribution in [1.29, 1.82) is 0 Å². The predicted octanol–water partition coefficient (Wildman–Crippen LogP) is 18.6. The molecule has 0 saturated heterocycles. The van der Waals surface area contributed by atoms with Crippen LogP contribution < -0.4 is 4.89 Å². The van der Waals surface area contributed by atoms with E-state index in [4.69, 9.17) is 18.5 Å². The lowest BCUT2D eigenvalue weighted by Gasteiger charge is -2.28. The zero-order chi connectivity index (χ0) is 54.2. The first-order valence-corrected chi connectivity index (χ1v) is 32.1. The molecule has 0 N–H and O–H groups in total. The normalized spacial score (nSPS) is 13.8. The van der Waals surface area contributed by atoms with E-state index in [9.17, 15) is 19.0 Å². The quantitative estimate of drug-likeness (QED) is 0.0195. The standard InChI is InChI=1S/C64H116NO8P/c1-6-8-10-12-14-16-18-20-22-24-26-28-30-31-32-33-35-37-39-41-43-45-47-49-51-53-55-57-64(67)73-62(61-72-74(68,69)71-59-58-65(3,4)5)60-70-63(66)56-54-52-50-48-46-44-42-40-38-36-34-29-27-25-23-21-19-17-15-13-11-9-7-2/h8,10,14,16,20,22,26,28,31-32,35,37,62H,6-7,9,11-13,15,17-19,21,23-25,27,29-30,33-34,36,38-61H2,1-5H3/b10-8-,16-14-,22-20-,28-26-,32-31-,37-35-. The zero-order valence-electron chi connectivity index (χ0n) is 48.8. The van der Waals surface area contributed by atoms with Crippen molar-refractivity contribution < 1.29 is 42.1 Å². The lowest BCUT2D eigenvalue weighted by atomic mass is 10.0. The second-order valence-corrected chi connectivity index (χ2v) is 23.1. The van der Waals surface area contributed by atoms with Crippen LogP contribution >= 0.6 is 7.82 Å². The summed E-state index contributed by atoms with van der Waals surface area (Å²) in [6.45, 7) is 4.15. The highest BCUT2D eigenvalue weighted by atomic mass is 31.2. The zero-order valence-corrected chi connectivity index (χ0v) is 49.7. The molecule has 74 heavy (non-hydrogen) atoms. The number of esters is 2. The Kier molecular flexibility index (Phi) is 53.3. The number of nitrogens with zero attached hydrogens (tertiary/aromatic N) is 1. The van der Waals surface area contributed by atoms with Crippen LogP contribution in [0.2, 0.25) is 0 Å². The van der Waals surface area contributed by atoms with Gasteiger partial charge in [-0.25, -0.2) is 0 Å². The van der Waals surface area contributed by atoms with Gasteiger partial charge in [-0.05, 0) is 64.2 Å². The molecule has 0 aliphatic carbocycles. The highest BCUT2D eigenvalue weighted by molar-refractivity contribution is 7.45. The van der Waals surface area contributed by atoms with Gasteiger partial charge in [0.05, 0.1) is 27.7 Å². The summed E-state index contributed by atoms with van der Waals surface area (Å²) < 4.78 is 34.2. The Labute approximate surface area is 457 Å². The largest absolute Gasteiger partial charge is 0.756 e. The molecule has 0 aromatic rings. The topological polar surface area (TPSA) is 111 Å².